The summed E-state index contributed by atoms with van der Waals surface area (Å²) in [6.07, 6.45) is 3.90. The van der Waals surface area contributed by atoms with E-state index in [2.05, 4.69) is 5.32 Å². The van der Waals surface area contributed by atoms with Gasteiger partial charge in [-0.2, -0.15) is 0 Å². The van der Waals surface area contributed by atoms with Crippen LogP contribution in [0.5, 0.6) is 0 Å². The summed E-state index contributed by atoms with van der Waals surface area (Å²) in [6.45, 7) is 4.07. The van der Waals surface area contributed by atoms with E-state index < -0.39 is 5.54 Å². The van der Waals surface area contributed by atoms with Gasteiger partial charge in [-0.05, 0) is 49.9 Å². The van der Waals surface area contributed by atoms with Crippen molar-refractivity contribution in [3.8, 4) is 0 Å². The number of amides is 1. The van der Waals surface area contributed by atoms with Crippen LogP contribution in [0.1, 0.15) is 47.2 Å². The Labute approximate surface area is 108 Å². The van der Waals surface area contributed by atoms with Crippen molar-refractivity contribution in [2.24, 2.45) is 0 Å². The highest BCUT2D eigenvalue weighted by molar-refractivity contribution is 5.95. The van der Waals surface area contributed by atoms with Gasteiger partial charge in [-0.15, -0.1) is 0 Å². The van der Waals surface area contributed by atoms with E-state index in [1.807, 2.05) is 32.0 Å². The molecule has 18 heavy (non-hydrogen) atoms. The highest BCUT2D eigenvalue weighted by atomic mass is 16.3. The van der Waals surface area contributed by atoms with Crippen LogP contribution in [0, 0.1) is 13.8 Å². The maximum absolute atomic E-state index is 12.2. The third-order valence-corrected chi connectivity index (χ3v) is 4.01. The van der Waals surface area contributed by atoms with E-state index in [0.29, 0.717) is 5.56 Å². The smallest absolute Gasteiger partial charge is 0.251 e. The molecule has 3 nitrogen and oxygen atoms in total. The molecule has 2 N–H and O–H groups in total. The number of nitrogens with one attached hydrogen (secondary N) is 1. The Hall–Kier alpha value is -1.35. The van der Waals surface area contributed by atoms with Gasteiger partial charge in [-0.25, -0.2) is 0 Å². The van der Waals surface area contributed by atoms with Crippen molar-refractivity contribution in [3.63, 3.8) is 0 Å². The zero-order chi connectivity index (χ0) is 13.2. The molecule has 0 unspecified atom stereocenters. The van der Waals surface area contributed by atoms with Crippen molar-refractivity contribution < 1.29 is 9.90 Å². The normalized spacial score (nSPS) is 17.7. The fourth-order valence-corrected chi connectivity index (χ4v) is 2.57. The van der Waals surface area contributed by atoms with Gasteiger partial charge in [-0.1, -0.05) is 18.9 Å². The molecule has 1 fully saturated rings. The largest absolute Gasteiger partial charge is 0.394 e. The van der Waals surface area contributed by atoms with E-state index in [9.17, 15) is 9.90 Å². The van der Waals surface area contributed by atoms with Gasteiger partial charge < -0.3 is 10.4 Å². The Morgan fingerprint density at radius 1 is 1.28 bits per heavy atom. The molecule has 1 aromatic rings. The van der Waals surface area contributed by atoms with E-state index in [-0.39, 0.29) is 12.5 Å². The molecule has 1 amide bonds. The van der Waals surface area contributed by atoms with Gasteiger partial charge in [0.25, 0.3) is 5.91 Å². The molecular formula is C15H21NO2. The number of carbonyl (C=O) groups excluding carboxylic acids is 1. The number of carbonyl (C=O) groups is 1. The van der Waals surface area contributed by atoms with Crippen molar-refractivity contribution in [2.45, 2.75) is 45.1 Å². The predicted molar refractivity (Wildman–Crippen MR) is 71.7 cm³/mol. The van der Waals surface area contributed by atoms with Crippen molar-refractivity contribution in [1.29, 1.82) is 0 Å². The third kappa shape index (κ3) is 2.56. The summed E-state index contributed by atoms with van der Waals surface area (Å²) in [5, 5.41) is 12.5. The van der Waals surface area contributed by atoms with Gasteiger partial charge in [0.2, 0.25) is 0 Å². The minimum atomic E-state index is -0.393. The molecule has 0 aliphatic heterocycles. The lowest BCUT2D eigenvalue weighted by Gasteiger charge is -2.28. The van der Waals surface area contributed by atoms with Crippen LogP contribution in [0.2, 0.25) is 0 Å². The topological polar surface area (TPSA) is 49.3 Å². The molecule has 1 aliphatic rings. The summed E-state index contributed by atoms with van der Waals surface area (Å²) >= 11 is 0. The molecule has 0 saturated heterocycles. The fourth-order valence-electron chi connectivity index (χ4n) is 2.57. The van der Waals surface area contributed by atoms with Crippen molar-refractivity contribution in [2.75, 3.05) is 6.61 Å². The Kier molecular flexibility index (Phi) is 3.71. The molecule has 3 heteroatoms. The Bertz CT molecular complexity index is 448. The molecule has 0 heterocycles. The first kappa shape index (κ1) is 13.1. The average molecular weight is 247 g/mol. The van der Waals surface area contributed by atoms with Crippen LogP contribution in [0.4, 0.5) is 0 Å². The summed E-state index contributed by atoms with van der Waals surface area (Å²) in [5.41, 5.74) is 2.59. The van der Waals surface area contributed by atoms with Crippen LogP contribution in [0.15, 0.2) is 18.2 Å². The molecule has 0 aromatic heterocycles. The van der Waals surface area contributed by atoms with E-state index in [1.54, 1.807) is 0 Å². The van der Waals surface area contributed by atoms with Gasteiger partial charge in [-0.3, -0.25) is 4.79 Å². The molecule has 1 aliphatic carbocycles. The van der Waals surface area contributed by atoms with E-state index in [4.69, 9.17) is 0 Å². The summed E-state index contributed by atoms with van der Waals surface area (Å²) in [5.74, 6) is -0.0750. The quantitative estimate of drug-likeness (QED) is 0.861. The maximum atomic E-state index is 12.2. The Balaban J connectivity index is 2.13. The lowest BCUT2D eigenvalue weighted by atomic mass is 9.97. The first-order valence-corrected chi connectivity index (χ1v) is 6.57. The second-order valence-electron chi connectivity index (χ2n) is 5.40. The highest BCUT2D eigenvalue weighted by Crippen LogP contribution is 2.29. The minimum Gasteiger partial charge on any atom is -0.394 e. The number of hydrogen-bond donors (Lipinski definition) is 2. The lowest BCUT2D eigenvalue weighted by molar-refractivity contribution is 0.0838. The summed E-state index contributed by atoms with van der Waals surface area (Å²) in [7, 11) is 0. The minimum absolute atomic E-state index is 0.0313. The molecule has 0 atom stereocenters. The van der Waals surface area contributed by atoms with Gasteiger partial charge in [0, 0.05) is 5.56 Å². The van der Waals surface area contributed by atoms with Crippen molar-refractivity contribution in [3.05, 3.63) is 34.9 Å². The van der Waals surface area contributed by atoms with Gasteiger partial charge in [0.05, 0.1) is 12.1 Å². The van der Waals surface area contributed by atoms with Crippen molar-refractivity contribution >= 4 is 5.91 Å². The molecule has 98 valence electrons. The third-order valence-electron chi connectivity index (χ3n) is 4.01. The van der Waals surface area contributed by atoms with E-state index in [0.717, 1.165) is 31.2 Å². The summed E-state index contributed by atoms with van der Waals surface area (Å²) < 4.78 is 0. The average Bonchev–Trinajstić information content (AvgIpc) is 2.82. The van der Waals surface area contributed by atoms with Crippen LogP contribution in [0.25, 0.3) is 0 Å². The SMILES string of the molecule is Cc1ccc(C(=O)NC2(CO)CCCC2)cc1C. The maximum Gasteiger partial charge on any atom is 0.251 e. The van der Waals surface area contributed by atoms with Gasteiger partial charge in [0.1, 0.15) is 0 Å². The second kappa shape index (κ2) is 5.11. The number of hydrogen-bond acceptors (Lipinski definition) is 2. The summed E-state index contributed by atoms with van der Waals surface area (Å²) in [6, 6.07) is 5.72. The molecule has 1 saturated carbocycles. The molecular weight excluding hydrogens is 226 g/mol. The Morgan fingerprint density at radius 3 is 2.50 bits per heavy atom. The number of benzene rings is 1. The summed E-state index contributed by atoms with van der Waals surface area (Å²) in [4.78, 5) is 12.2. The number of aryl methyl sites for hydroxylation is 2. The first-order chi connectivity index (χ1) is 8.56. The van der Waals surface area contributed by atoms with Crippen LogP contribution < -0.4 is 5.32 Å². The van der Waals surface area contributed by atoms with Gasteiger partial charge >= 0.3 is 0 Å². The number of aliphatic hydroxyl groups excluding tert-OH is 1. The molecule has 0 spiro atoms. The van der Waals surface area contributed by atoms with Crippen molar-refractivity contribution in [1.82, 2.24) is 5.32 Å². The number of rotatable bonds is 3. The second-order valence-corrected chi connectivity index (χ2v) is 5.40. The standard InChI is InChI=1S/C15H21NO2/c1-11-5-6-13(9-12(11)2)14(18)16-15(10-17)7-3-4-8-15/h5-6,9,17H,3-4,7-8,10H2,1-2H3,(H,16,18). The van der Waals surface area contributed by atoms with Crippen LogP contribution >= 0.6 is 0 Å². The van der Waals surface area contributed by atoms with Crippen LogP contribution in [-0.2, 0) is 0 Å². The lowest BCUT2D eigenvalue weighted by Crippen LogP contribution is -2.49. The molecule has 2 rings (SSSR count). The first-order valence-electron chi connectivity index (χ1n) is 6.57. The molecule has 0 bridgehead atoms. The number of aliphatic hydroxyl groups is 1. The van der Waals surface area contributed by atoms with Crippen LogP contribution in [-0.4, -0.2) is 23.2 Å². The molecule has 1 aromatic carbocycles. The monoisotopic (exact) mass is 247 g/mol. The van der Waals surface area contributed by atoms with Gasteiger partial charge in [0.15, 0.2) is 0 Å². The zero-order valence-corrected chi connectivity index (χ0v) is 11.1. The predicted octanol–water partition coefficient (Wildman–Crippen LogP) is 2.34. The zero-order valence-electron chi connectivity index (χ0n) is 11.1. The highest BCUT2D eigenvalue weighted by Gasteiger charge is 2.34. The fraction of sp³-hybridized carbons (Fsp3) is 0.533. The van der Waals surface area contributed by atoms with E-state index >= 15 is 0 Å². The van der Waals surface area contributed by atoms with E-state index in [1.165, 1.54) is 5.56 Å². The molecule has 0 radical (unpaired) electrons. The van der Waals surface area contributed by atoms with Crippen LogP contribution in [0.3, 0.4) is 0 Å². The Morgan fingerprint density at radius 2 is 1.94 bits per heavy atom.